The topological polar surface area (TPSA) is 149 Å². The Morgan fingerprint density at radius 1 is 0.452 bits per heavy atom. The smallest absolute Gasteiger partial charge is 0.306 e. The van der Waals surface area contributed by atoms with Crippen LogP contribution in [0.5, 0.6) is 0 Å². The molecule has 0 aliphatic rings. The van der Waals surface area contributed by atoms with Crippen molar-refractivity contribution in [2.75, 3.05) is 0 Å². The zero-order valence-electron chi connectivity index (χ0n) is 27.4. The molecule has 0 rings (SSSR count). The Morgan fingerprint density at radius 3 is 0.786 bits per heavy atom. The van der Waals surface area contributed by atoms with E-state index in [0.29, 0.717) is 25.7 Å². The highest BCUT2D eigenvalue weighted by atomic mass is 16.4. The summed E-state index contributed by atoms with van der Waals surface area (Å²) in [7, 11) is 0. The van der Waals surface area contributed by atoms with Crippen LogP contribution in [0.15, 0.2) is 61.8 Å². The third kappa shape index (κ3) is 46.4. The number of allylic oxidation sites excluding steroid dienone is 8. The second-order valence-electron chi connectivity index (χ2n) is 9.52. The largest absolute Gasteiger partial charge is 0.481 e. The molecule has 244 valence electrons. The minimum atomic E-state index is -0.759. The van der Waals surface area contributed by atoms with Gasteiger partial charge in [-0.1, -0.05) is 104 Å². The van der Waals surface area contributed by atoms with Gasteiger partial charge in [-0.15, -0.1) is 13.2 Å². The first-order valence-electron chi connectivity index (χ1n) is 14.7. The molecule has 0 amide bonds. The van der Waals surface area contributed by atoms with E-state index in [0.717, 1.165) is 25.7 Å². The van der Waals surface area contributed by atoms with Crippen molar-refractivity contribution >= 4 is 23.9 Å². The summed E-state index contributed by atoms with van der Waals surface area (Å²) in [5.74, 6) is -3.95. The lowest BCUT2D eigenvalue weighted by Gasteiger charge is -1.98. The number of carboxylic acid groups (broad SMARTS) is 4. The number of hydrogen-bond donors (Lipinski definition) is 4. The molecule has 0 saturated heterocycles. The molecule has 42 heavy (non-hydrogen) atoms. The molecule has 4 atom stereocenters. The lowest BCUT2D eigenvalue weighted by atomic mass is 10.1. The van der Waals surface area contributed by atoms with Gasteiger partial charge >= 0.3 is 23.9 Å². The van der Waals surface area contributed by atoms with Crippen molar-refractivity contribution in [2.24, 2.45) is 23.7 Å². The van der Waals surface area contributed by atoms with E-state index < -0.39 is 23.9 Å². The number of aliphatic carboxylic acids is 4. The predicted octanol–water partition coefficient (Wildman–Crippen LogP) is 9.06. The maximum absolute atomic E-state index is 10.3. The van der Waals surface area contributed by atoms with E-state index in [4.69, 9.17) is 20.4 Å². The molecule has 4 N–H and O–H groups in total. The number of rotatable bonds is 16. The molecule has 0 aliphatic carbocycles. The van der Waals surface area contributed by atoms with E-state index in [1.54, 1.807) is 33.8 Å². The fraction of sp³-hybridized carbons (Fsp3) is 0.588. The number of carbonyl (C=O) groups is 4. The third-order valence-corrected chi connectivity index (χ3v) is 5.17. The van der Waals surface area contributed by atoms with Crippen molar-refractivity contribution in [3.63, 3.8) is 0 Å². The highest BCUT2D eigenvalue weighted by Gasteiger charge is 2.08. The monoisotopic (exact) mass is 596 g/mol. The van der Waals surface area contributed by atoms with Crippen LogP contribution in [-0.2, 0) is 19.2 Å². The molecule has 0 aromatic heterocycles. The van der Waals surface area contributed by atoms with Crippen LogP contribution in [0, 0.1) is 23.7 Å². The minimum absolute atomic E-state index is 0.247. The van der Waals surface area contributed by atoms with Gasteiger partial charge in [0.05, 0.1) is 23.7 Å². The van der Waals surface area contributed by atoms with E-state index in [1.165, 1.54) is 0 Å². The number of carboxylic acids is 4. The Hall–Kier alpha value is -3.42. The van der Waals surface area contributed by atoms with Crippen molar-refractivity contribution in [3.05, 3.63) is 61.8 Å². The van der Waals surface area contributed by atoms with E-state index in [-0.39, 0.29) is 23.7 Å². The normalized spacial score (nSPS) is 12.9. The fourth-order valence-electron chi connectivity index (χ4n) is 2.05. The van der Waals surface area contributed by atoms with Gasteiger partial charge in [-0.25, -0.2) is 0 Å². The maximum atomic E-state index is 10.3. The van der Waals surface area contributed by atoms with Crippen molar-refractivity contribution in [1.82, 2.24) is 0 Å². The predicted molar refractivity (Wildman–Crippen MR) is 175 cm³/mol. The van der Waals surface area contributed by atoms with E-state index >= 15 is 0 Å². The van der Waals surface area contributed by atoms with Gasteiger partial charge in [-0.2, -0.15) is 0 Å². The highest BCUT2D eigenvalue weighted by Crippen LogP contribution is 2.04. The van der Waals surface area contributed by atoms with Crippen LogP contribution in [0.4, 0.5) is 0 Å². The average molecular weight is 597 g/mol. The fourth-order valence-corrected chi connectivity index (χ4v) is 2.05. The molecular weight excluding hydrogens is 536 g/mol. The van der Waals surface area contributed by atoms with E-state index in [9.17, 15) is 19.2 Å². The molecule has 0 fully saturated rings. The van der Waals surface area contributed by atoms with Gasteiger partial charge in [0.15, 0.2) is 0 Å². The van der Waals surface area contributed by atoms with Crippen LogP contribution in [0.3, 0.4) is 0 Å². The molecule has 8 heteroatoms. The van der Waals surface area contributed by atoms with Gasteiger partial charge in [0.25, 0.3) is 0 Å². The molecule has 0 spiro atoms. The molecule has 0 heterocycles. The summed E-state index contributed by atoms with van der Waals surface area (Å²) >= 11 is 0. The van der Waals surface area contributed by atoms with Crippen LogP contribution in [0.1, 0.15) is 107 Å². The van der Waals surface area contributed by atoms with Crippen LogP contribution in [0.25, 0.3) is 0 Å². The first-order chi connectivity index (χ1) is 19.6. The molecular formula is C34H60O8. The summed E-state index contributed by atoms with van der Waals surface area (Å²) < 4.78 is 0. The molecule has 8 nitrogen and oxygen atoms in total. The Morgan fingerprint density at radius 2 is 0.667 bits per heavy atom. The summed E-state index contributed by atoms with van der Waals surface area (Å²) in [6, 6.07) is 0. The molecule has 0 aromatic rings. The molecule has 0 aliphatic heterocycles. The van der Waals surface area contributed by atoms with Gasteiger partial charge in [0.2, 0.25) is 0 Å². The molecule has 0 aromatic carbocycles. The van der Waals surface area contributed by atoms with Gasteiger partial charge < -0.3 is 20.4 Å². The standard InChI is InChI=1S/3C8H14O2.C6H10O2.C4H8/c3*1-3-4-5-6-7(2)8(9)10;1-3-4-5(2)6(7)8;1-3-4-2/h3*4-5,7H,3,6H2,1-2H3,(H,9,10);3,5H,1,4H2,2H3,(H,7,8);3H,1,4H2,2H3/t3*7-;5-;/m0000./s1. The molecule has 0 saturated carbocycles. The van der Waals surface area contributed by atoms with Crippen molar-refractivity contribution < 1.29 is 39.6 Å². The summed E-state index contributed by atoms with van der Waals surface area (Å²) in [6.07, 6.45) is 21.7. The van der Waals surface area contributed by atoms with Gasteiger partial charge in [-0.3, -0.25) is 19.2 Å². The zero-order valence-corrected chi connectivity index (χ0v) is 27.4. The first kappa shape index (κ1) is 48.3. The van der Waals surface area contributed by atoms with Crippen molar-refractivity contribution in [3.8, 4) is 0 Å². The van der Waals surface area contributed by atoms with Crippen LogP contribution < -0.4 is 0 Å². The van der Waals surface area contributed by atoms with Crippen molar-refractivity contribution in [2.45, 2.75) is 107 Å². The van der Waals surface area contributed by atoms with Crippen molar-refractivity contribution in [1.29, 1.82) is 0 Å². The zero-order chi connectivity index (χ0) is 33.9. The summed E-state index contributed by atoms with van der Waals surface area (Å²) in [5, 5.41) is 33.6. The lowest BCUT2D eigenvalue weighted by molar-refractivity contribution is -0.141. The molecule has 0 radical (unpaired) electrons. The highest BCUT2D eigenvalue weighted by molar-refractivity contribution is 5.70. The Bertz CT molecular complexity index is 704. The van der Waals surface area contributed by atoms with Crippen LogP contribution in [-0.4, -0.2) is 44.3 Å². The second-order valence-corrected chi connectivity index (χ2v) is 9.52. The van der Waals surface area contributed by atoms with Gasteiger partial charge in [-0.05, 0) is 51.4 Å². The molecule has 0 unspecified atom stereocenters. The molecule has 0 bridgehead atoms. The SMILES string of the molecule is C=CCC.C=CC[C@H](C)C(=O)O.CCC=CC[C@H](C)C(=O)O.CCC=CC[C@H](C)C(=O)O.CCC=CC[C@H](C)C(=O)O. The van der Waals surface area contributed by atoms with Gasteiger partial charge in [0, 0.05) is 0 Å². The quantitative estimate of drug-likeness (QED) is 0.129. The minimum Gasteiger partial charge on any atom is -0.481 e. The summed E-state index contributed by atoms with van der Waals surface area (Å²) in [6.45, 7) is 21.8. The number of hydrogen-bond acceptors (Lipinski definition) is 4. The van der Waals surface area contributed by atoms with Gasteiger partial charge in [0.1, 0.15) is 0 Å². The Balaban J connectivity index is -0.000000139. The third-order valence-electron chi connectivity index (χ3n) is 5.17. The Kier molecular flexibility index (Phi) is 43.2. The van der Waals surface area contributed by atoms with Crippen LogP contribution >= 0.6 is 0 Å². The van der Waals surface area contributed by atoms with E-state index in [1.807, 2.05) is 63.3 Å². The summed E-state index contributed by atoms with van der Waals surface area (Å²) in [5.41, 5.74) is 0. The average Bonchev–Trinajstić information content (AvgIpc) is 2.94. The maximum Gasteiger partial charge on any atom is 0.306 e. The first-order valence-corrected chi connectivity index (χ1v) is 14.7. The Labute approximate surface area is 255 Å². The summed E-state index contributed by atoms with van der Waals surface area (Å²) in [4.78, 5) is 40.8. The van der Waals surface area contributed by atoms with Crippen LogP contribution in [0.2, 0.25) is 0 Å². The lowest BCUT2D eigenvalue weighted by Crippen LogP contribution is -2.07. The van der Waals surface area contributed by atoms with E-state index in [2.05, 4.69) is 20.1 Å². The second kappa shape index (κ2) is 37.6.